The number of hydrogen-bond donors (Lipinski definition) is 3. The van der Waals surface area contributed by atoms with Crippen molar-refractivity contribution in [3.63, 3.8) is 0 Å². The Hall–Kier alpha value is -2.13. The van der Waals surface area contributed by atoms with Gasteiger partial charge in [0.05, 0.1) is 5.75 Å². The molecule has 0 aliphatic heterocycles. The summed E-state index contributed by atoms with van der Waals surface area (Å²) in [5.74, 6) is -1.18. The van der Waals surface area contributed by atoms with Crippen LogP contribution < -0.4 is 10.6 Å². The highest BCUT2D eigenvalue weighted by Crippen LogP contribution is 2.00. The van der Waals surface area contributed by atoms with Gasteiger partial charge in [-0.05, 0) is 12.5 Å². The van der Waals surface area contributed by atoms with E-state index in [-0.39, 0.29) is 13.2 Å². The molecule has 0 saturated carbocycles. The van der Waals surface area contributed by atoms with Gasteiger partial charge in [0.15, 0.2) is 0 Å². The van der Waals surface area contributed by atoms with Gasteiger partial charge >= 0.3 is 6.09 Å². The molecule has 1 rings (SSSR count). The summed E-state index contributed by atoms with van der Waals surface area (Å²) >= 11 is 0. The summed E-state index contributed by atoms with van der Waals surface area (Å²) in [5.41, 5.74) is 0.808. The van der Waals surface area contributed by atoms with Crippen LogP contribution in [-0.2, 0) is 26.3 Å². The molecule has 122 valence electrons. The van der Waals surface area contributed by atoms with Gasteiger partial charge in [-0.3, -0.25) is 9.35 Å². The molecule has 0 aromatic heterocycles. The molecule has 3 N–H and O–H groups in total. The van der Waals surface area contributed by atoms with E-state index in [0.717, 1.165) is 5.56 Å². The average molecular weight is 330 g/mol. The Kier molecular flexibility index (Phi) is 6.80. The van der Waals surface area contributed by atoms with Crippen LogP contribution in [0.15, 0.2) is 30.3 Å². The van der Waals surface area contributed by atoms with Crippen molar-refractivity contribution in [1.29, 1.82) is 0 Å². The zero-order valence-corrected chi connectivity index (χ0v) is 12.8. The zero-order chi connectivity index (χ0) is 16.6. The maximum atomic E-state index is 11.6. The largest absolute Gasteiger partial charge is 0.445 e. The highest BCUT2D eigenvalue weighted by molar-refractivity contribution is 7.85. The Morgan fingerprint density at radius 1 is 1.27 bits per heavy atom. The Bertz CT molecular complexity index is 602. The van der Waals surface area contributed by atoms with Gasteiger partial charge in [0.2, 0.25) is 5.91 Å². The monoisotopic (exact) mass is 330 g/mol. The van der Waals surface area contributed by atoms with E-state index < -0.39 is 33.9 Å². The van der Waals surface area contributed by atoms with Crippen molar-refractivity contribution in [2.45, 2.75) is 19.6 Å². The third-order valence-corrected chi connectivity index (χ3v) is 3.32. The summed E-state index contributed by atoms with van der Waals surface area (Å²) in [4.78, 5) is 23.1. The lowest BCUT2D eigenvalue weighted by molar-refractivity contribution is -0.122. The van der Waals surface area contributed by atoms with E-state index in [1.807, 2.05) is 18.2 Å². The van der Waals surface area contributed by atoms with Crippen LogP contribution in [0.5, 0.6) is 0 Å². The molecule has 2 amide bonds. The average Bonchev–Trinajstić information content (AvgIpc) is 2.44. The maximum absolute atomic E-state index is 11.6. The molecule has 0 heterocycles. The Labute approximate surface area is 128 Å². The van der Waals surface area contributed by atoms with E-state index in [1.54, 1.807) is 12.1 Å². The topological polar surface area (TPSA) is 122 Å². The molecular weight excluding hydrogens is 312 g/mol. The van der Waals surface area contributed by atoms with Crippen LogP contribution >= 0.6 is 0 Å². The molecule has 0 fully saturated rings. The molecule has 9 heteroatoms. The van der Waals surface area contributed by atoms with E-state index in [2.05, 4.69) is 10.6 Å². The van der Waals surface area contributed by atoms with Crippen molar-refractivity contribution in [1.82, 2.24) is 10.6 Å². The summed E-state index contributed by atoms with van der Waals surface area (Å²) in [6, 6.07) is 8.13. The predicted octanol–water partition coefficient (Wildman–Crippen LogP) is 0.305. The lowest BCUT2D eigenvalue weighted by Crippen LogP contribution is -2.45. The summed E-state index contributed by atoms with van der Waals surface area (Å²) in [6.07, 6.45) is -0.763. The third kappa shape index (κ3) is 7.60. The highest BCUT2D eigenvalue weighted by Gasteiger charge is 2.16. The van der Waals surface area contributed by atoms with Crippen LogP contribution in [0.1, 0.15) is 12.5 Å². The standard InChI is InChI=1S/C13H18N2O6S/c1-10(12(16)14-7-8-22(18,19)20)15-13(17)21-9-11-5-3-2-4-6-11/h2-6,10H,7-9H2,1H3,(H,14,16)(H,15,17)(H,18,19,20)/t10-/m0/s1. The predicted molar refractivity (Wildman–Crippen MR) is 78.7 cm³/mol. The van der Waals surface area contributed by atoms with Gasteiger partial charge in [0.25, 0.3) is 10.1 Å². The smallest absolute Gasteiger partial charge is 0.408 e. The molecule has 1 atom stereocenters. The minimum Gasteiger partial charge on any atom is -0.445 e. The first-order valence-electron chi connectivity index (χ1n) is 6.48. The van der Waals surface area contributed by atoms with Gasteiger partial charge in [-0.25, -0.2) is 4.79 Å². The number of nitrogens with one attached hydrogen (secondary N) is 2. The second kappa shape index (κ2) is 8.35. The number of amides is 2. The Balaban J connectivity index is 2.29. The molecule has 0 bridgehead atoms. The van der Waals surface area contributed by atoms with Crippen LogP contribution in [0.2, 0.25) is 0 Å². The molecule has 1 aromatic rings. The molecule has 8 nitrogen and oxygen atoms in total. The van der Waals surface area contributed by atoms with Crippen molar-refractivity contribution in [2.24, 2.45) is 0 Å². The highest BCUT2D eigenvalue weighted by atomic mass is 32.2. The lowest BCUT2D eigenvalue weighted by atomic mass is 10.2. The van der Waals surface area contributed by atoms with Crippen LogP contribution in [0.25, 0.3) is 0 Å². The fourth-order valence-electron chi connectivity index (χ4n) is 1.46. The van der Waals surface area contributed by atoms with Gasteiger partial charge in [-0.2, -0.15) is 8.42 Å². The van der Waals surface area contributed by atoms with E-state index in [9.17, 15) is 18.0 Å². The number of carbonyl (C=O) groups excluding carboxylic acids is 2. The number of rotatable bonds is 7. The van der Waals surface area contributed by atoms with Gasteiger partial charge in [-0.1, -0.05) is 30.3 Å². The Morgan fingerprint density at radius 3 is 2.50 bits per heavy atom. The van der Waals surface area contributed by atoms with Gasteiger partial charge < -0.3 is 15.4 Å². The summed E-state index contributed by atoms with van der Waals surface area (Å²) in [6.45, 7) is 1.25. The maximum Gasteiger partial charge on any atom is 0.408 e. The van der Waals surface area contributed by atoms with Gasteiger partial charge in [-0.15, -0.1) is 0 Å². The van der Waals surface area contributed by atoms with Crippen LogP contribution in [0, 0.1) is 0 Å². The van der Waals surface area contributed by atoms with Crippen molar-refractivity contribution >= 4 is 22.1 Å². The summed E-state index contributed by atoms with van der Waals surface area (Å²) in [5, 5.41) is 4.58. The van der Waals surface area contributed by atoms with Gasteiger partial charge in [0, 0.05) is 6.54 Å². The minimum atomic E-state index is -4.13. The molecular formula is C13H18N2O6S. The lowest BCUT2D eigenvalue weighted by Gasteiger charge is -2.14. The minimum absolute atomic E-state index is 0.0732. The van der Waals surface area contributed by atoms with Crippen LogP contribution in [0.4, 0.5) is 4.79 Å². The first kappa shape index (κ1) is 17.9. The van der Waals surface area contributed by atoms with Crippen molar-refractivity contribution in [2.75, 3.05) is 12.3 Å². The molecule has 0 aliphatic carbocycles. The number of hydrogen-bond acceptors (Lipinski definition) is 5. The van der Waals surface area contributed by atoms with Crippen molar-refractivity contribution in [3.05, 3.63) is 35.9 Å². The Morgan fingerprint density at radius 2 is 1.91 bits per heavy atom. The van der Waals surface area contributed by atoms with Crippen molar-refractivity contribution in [3.8, 4) is 0 Å². The summed E-state index contributed by atoms with van der Waals surface area (Å²) < 4.78 is 34.5. The van der Waals surface area contributed by atoms with Gasteiger partial charge in [0.1, 0.15) is 12.6 Å². The fourth-order valence-corrected chi connectivity index (χ4v) is 1.82. The number of ether oxygens (including phenoxy) is 1. The first-order chi connectivity index (χ1) is 10.3. The second-order valence-electron chi connectivity index (χ2n) is 4.50. The molecule has 0 saturated heterocycles. The SMILES string of the molecule is C[C@H](NC(=O)OCc1ccccc1)C(=O)NCCS(=O)(=O)O. The zero-order valence-electron chi connectivity index (χ0n) is 12.0. The quantitative estimate of drug-likeness (QED) is 0.618. The normalized spacial score (nSPS) is 12.3. The van der Waals surface area contributed by atoms with Crippen molar-refractivity contribution < 1.29 is 27.3 Å². The molecule has 1 aromatic carbocycles. The first-order valence-corrected chi connectivity index (χ1v) is 8.09. The van der Waals surface area contributed by atoms with E-state index in [0.29, 0.717) is 0 Å². The third-order valence-electron chi connectivity index (χ3n) is 2.60. The van der Waals surface area contributed by atoms with Crippen LogP contribution in [-0.4, -0.2) is 43.3 Å². The van der Waals surface area contributed by atoms with E-state index in [1.165, 1.54) is 6.92 Å². The van der Waals surface area contributed by atoms with Crippen LogP contribution in [0.3, 0.4) is 0 Å². The molecule has 0 unspecified atom stereocenters. The number of benzene rings is 1. The molecule has 0 aliphatic rings. The van der Waals surface area contributed by atoms with E-state index >= 15 is 0 Å². The molecule has 22 heavy (non-hydrogen) atoms. The number of carbonyl (C=O) groups is 2. The fraction of sp³-hybridized carbons (Fsp3) is 0.385. The number of alkyl carbamates (subject to hydrolysis) is 1. The molecule has 0 spiro atoms. The second-order valence-corrected chi connectivity index (χ2v) is 6.08. The van der Waals surface area contributed by atoms with E-state index in [4.69, 9.17) is 9.29 Å². The molecule has 0 radical (unpaired) electrons. The summed E-state index contributed by atoms with van der Waals surface area (Å²) in [7, 11) is -4.13.